The number of rotatable bonds is 3. The van der Waals surface area contributed by atoms with E-state index < -0.39 is 16.4 Å². The van der Waals surface area contributed by atoms with Gasteiger partial charge in [-0.25, -0.2) is 0 Å². The number of benzene rings is 2. The van der Waals surface area contributed by atoms with Crippen molar-refractivity contribution in [3.63, 3.8) is 0 Å². The molecule has 6 nitrogen and oxygen atoms in total. The van der Waals surface area contributed by atoms with Gasteiger partial charge in [-0.05, 0) is 29.8 Å². The molecule has 0 aliphatic carbocycles. The molecule has 132 valence electrons. The first-order valence-electron chi connectivity index (χ1n) is 7.02. The Morgan fingerprint density at radius 2 is 1.76 bits per heavy atom. The van der Waals surface area contributed by atoms with Gasteiger partial charge in [0.25, 0.3) is 10.0 Å². The normalized spacial score (nSPS) is 15.6. The van der Waals surface area contributed by atoms with Crippen LogP contribution in [0.1, 0.15) is 5.56 Å². The number of halogens is 3. The van der Waals surface area contributed by atoms with Crippen LogP contribution in [0.2, 0.25) is 0 Å². The number of nitrogens with zero attached hydrogens (tertiary/aromatic N) is 1. The summed E-state index contributed by atoms with van der Waals surface area (Å²) in [4.78, 5) is 0.0780. The minimum atomic E-state index is -4.75. The van der Waals surface area contributed by atoms with Crippen molar-refractivity contribution in [3.8, 4) is 5.75 Å². The molecule has 25 heavy (non-hydrogen) atoms. The molecule has 10 heteroatoms. The van der Waals surface area contributed by atoms with E-state index in [1.165, 1.54) is 30.3 Å². The van der Waals surface area contributed by atoms with Crippen LogP contribution in [-0.2, 0) is 16.6 Å². The average Bonchev–Trinajstić information content (AvgIpc) is 2.52. The topological polar surface area (TPSA) is 79.8 Å². The number of anilines is 1. The Morgan fingerprint density at radius 1 is 1.08 bits per heavy atom. The summed E-state index contributed by atoms with van der Waals surface area (Å²) < 4.78 is 67.9. The third kappa shape index (κ3) is 4.21. The van der Waals surface area contributed by atoms with E-state index in [-0.39, 0.29) is 23.1 Å². The maximum Gasteiger partial charge on any atom is 0.573 e. The molecule has 0 amide bonds. The molecule has 0 spiro atoms. The van der Waals surface area contributed by atoms with E-state index in [0.717, 1.165) is 0 Å². The number of hydrogen-bond acceptors (Lipinski definition) is 5. The summed E-state index contributed by atoms with van der Waals surface area (Å²) in [6, 6.07) is 11.5. The van der Waals surface area contributed by atoms with E-state index in [1.54, 1.807) is 18.2 Å². The summed E-state index contributed by atoms with van der Waals surface area (Å²) in [6.45, 7) is 0.163. The van der Waals surface area contributed by atoms with Gasteiger partial charge in [-0.2, -0.15) is 8.42 Å². The van der Waals surface area contributed by atoms with E-state index in [2.05, 4.69) is 19.8 Å². The second-order valence-electron chi connectivity index (χ2n) is 5.08. The van der Waals surface area contributed by atoms with Crippen LogP contribution in [0.5, 0.6) is 5.75 Å². The lowest BCUT2D eigenvalue weighted by atomic mass is 10.2. The molecule has 0 atom stereocenters. The molecule has 1 heterocycles. The fourth-order valence-electron chi connectivity index (χ4n) is 2.19. The number of fused-ring (bicyclic) bond motifs is 1. The third-order valence-corrected chi connectivity index (χ3v) is 4.58. The van der Waals surface area contributed by atoms with Crippen LogP contribution in [0.25, 0.3) is 0 Å². The fraction of sp³-hybridized carbons (Fsp3) is 0.133. The summed E-state index contributed by atoms with van der Waals surface area (Å²) in [7, 11) is -3.80. The number of hydrogen-bond donors (Lipinski definition) is 2. The lowest BCUT2D eigenvalue weighted by molar-refractivity contribution is -0.274. The zero-order valence-electron chi connectivity index (χ0n) is 12.5. The molecule has 0 unspecified atom stereocenters. The molecule has 0 saturated carbocycles. The molecule has 2 N–H and O–H groups in total. The van der Waals surface area contributed by atoms with Gasteiger partial charge in [0.2, 0.25) is 5.96 Å². The Morgan fingerprint density at radius 3 is 2.44 bits per heavy atom. The summed E-state index contributed by atoms with van der Waals surface area (Å²) >= 11 is 0. The molecule has 2 aromatic carbocycles. The van der Waals surface area contributed by atoms with Gasteiger partial charge in [0.1, 0.15) is 10.6 Å². The van der Waals surface area contributed by atoms with E-state index in [1.807, 2.05) is 0 Å². The molecule has 1 aliphatic rings. The predicted octanol–water partition coefficient (Wildman–Crippen LogP) is 2.85. The van der Waals surface area contributed by atoms with E-state index in [9.17, 15) is 21.6 Å². The van der Waals surface area contributed by atoms with Crippen molar-refractivity contribution >= 4 is 21.7 Å². The summed E-state index contributed by atoms with van der Waals surface area (Å²) in [5.74, 6) is -0.296. The van der Waals surface area contributed by atoms with Crippen LogP contribution in [0.4, 0.5) is 18.9 Å². The van der Waals surface area contributed by atoms with Crippen LogP contribution >= 0.6 is 0 Å². The van der Waals surface area contributed by atoms with Crippen molar-refractivity contribution in [2.24, 2.45) is 4.40 Å². The van der Waals surface area contributed by atoms with Crippen LogP contribution in [0.15, 0.2) is 57.8 Å². The molecule has 1 aliphatic heterocycles. The zero-order valence-corrected chi connectivity index (χ0v) is 13.4. The van der Waals surface area contributed by atoms with Gasteiger partial charge in [0.15, 0.2) is 0 Å². The van der Waals surface area contributed by atoms with Gasteiger partial charge in [0, 0.05) is 6.54 Å². The Hall–Kier alpha value is -2.75. The van der Waals surface area contributed by atoms with Crippen LogP contribution in [0, 0.1) is 0 Å². The van der Waals surface area contributed by atoms with Crippen molar-refractivity contribution in [1.82, 2.24) is 5.32 Å². The van der Waals surface area contributed by atoms with E-state index >= 15 is 0 Å². The first kappa shape index (κ1) is 17.1. The van der Waals surface area contributed by atoms with Crippen LogP contribution in [-0.4, -0.2) is 20.7 Å². The molecule has 3 rings (SSSR count). The Labute approximate surface area is 141 Å². The quantitative estimate of drug-likeness (QED) is 0.867. The Kier molecular flexibility index (Phi) is 4.29. The molecule has 2 aromatic rings. The largest absolute Gasteiger partial charge is 0.573 e. The average molecular weight is 371 g/mol. The maximum absolute atomic E-state index is 12.1. The SMILES string of the molecule is O=S1(=O)N=C(NCc2ccc(OC(F)(F)F)cc2)Nc2ccccc21. The van der Waals surface area contributed by atoms with Gasteiger partial charge in [-0.3, -0.25) is 0 Å². The van der Waals surface area contributed by atoms with E-state index in [0.29, 0.717) is 11.3 Å². The molecule has 0 radical (unpaired) electrons. The predicted molar refractivity (Wildman–Crippen MR) is 84.7 cm³/mol. The monoisotopic (exact) mass is 371 g/mol. The van der Waals surface area contributed by atoms with E-state index in [4.69, 9.17) is 0 Å². The Bertz CT molecular complexity index is 910. The highest BCUT2D eigenvalue weighted by Gasteiger charge is 2.31. The van der Waals surface area contributed by atoms with Crippen LogP contribution < -0.4 is 15.4 Å². The number of nitrogens with one attached hydrogen (secondary N) is 2. The summed E-state index contributed by atoms with van der Waals surface area (Å²) in [6.07, 6.45) is -4.75. The highest BCUT2D eigenvalue weighted by Crippen LogP contribution is 2.26. The lowest BCUT2D eigenvalue weighted by Gasteiger charge is -2.19. The van der Waals surface area contributed by atoms with Gasteiger partial charge >= 0.3 is 6.36 Å². The third-order valence-electron chi connectivity index (χ3n) is 3.25. The van der Waals surface area contributed by atoms with Crippen molar-refractivity contribution in [1.29, 1.82) is 0 Å². The molecular weight excluding hydrogens is 359 g/mol. The maximum atomic E-state index is 12.1. The minimum absolute atomic E-state index is 0.0364. The smallest absolute Gasteiger partial charge is 0.406 e. The number of ether oxygens (including phenoxy) is 1. The van der Waals surface area contributed by atoms with Crippen molar-refractivity contribution < 1.29 is 26.3 Å². The summed E-state index contributed by atoms with van der Waals surface area (Å²) in [5.41, 5.74) is 1.02. The fourth-order valence-corrected chi connectivity index (χ4v) is 3.28. The van der Waals surface area contributed by atoms with Crippen LogP contribution in [0.3, 0.4) is 0 Å². The molecule has 0 aromatic heterocycles. The highest BCUT2D eigenvalue weighted by atomic mass is 32.2. The van der Waals surface area contributed by atoms with Gasteiger partial charge < -0.3 is 15.4 Å². The molecule has 0 fully saturated rings. The minimum Gasteiger partial charge on any atom is -0.406 e. The number of sulfonamides is 1. The zero-order chi connectivity index (χ0) is 18.1. The first-order valence-corrected chi connectivity index (χ1v) is 8.46. The second-order valence-corrected chi connectivity index (χ2v) is 6.65. The van der Waals surface area contributed by atoms with Crippen molar-refractivity contribution in [2.45, 2.75) is 17.8 Å². The molecule has 0 saturated heterocycles. The van der Waals surface area contributed by atoms with Gasteiger partial charge in [0.05, 0.1) is 5.69 Å². The highest BCUT2D eigenvalue weighted by molar-refractivity contribution is 7.90. The number of guanidine groups is 1. The van der Waals surface area contributed by atoms with Crippen molar-refractivity contribution in [2.75, 3.05) is 5.32 Å². The molecule has 0 bridgehead atoms. The molecular formula is C15H12F3N3O3S. The van der Waals surface area contributed by atoms with Crippen molar-refractivity contribution in [3.05, 3.63) is 54.1 Å². The first-order chi connectivity index (χ1) is 11.7. The van der Waals surface area contributed by atoms with Gasteiger partial charge in [-0.15, -0.1) is 17.6 Å². The second kappa shape index (κ2) is 6.28. The Balaban J connectivity index is 1.68. The number of para-hydroxylation sites is 1. The number of alkyl halides is 3. The lowest BCUT2D eigenvalue weighted by Crippen LogP contribution is -2.34. The standard InChI is InChI=1S/C15H12F3N3O3S/c16-15(17,18)24-11-7-5-10(6-8-11)9-19-14-20-12-3-1-2-4-13(12)25(22,23)21-14/h1-8H,9H2,(H2,19,20,21). The summed E-state index contributed by atoms with van der Waals surface area (Å²) in [5, 5.41) is 5.65. The van der Waals surface area contributed by atoms with Gasteiger partial charge in [-0.1, -0.05) is 24.3 Å².